The minimum atomic E-state index is -0.409. The highest BCUT2D eigenvalue weighted by Gasteiger charge is 2.25. The number of aromatic nitrogens is 4. The number of amides is 2. The maximum atomic E-state index is 12.9. The van der Waals surface area contributed by atoms with E-state index in [0.717, 1.165) is 11.3 Å². The summed E-state index contributed by atoms with van der Waals surface area (Å²) in [7, 11) is 1.81. The fraction of sp³-hybridized carbons (Fsp3) is 0.269. The zero-order valence-corrected chi connectivity index (χ0v) is 24.3. The molecule has 2 aromatic heterocycles. The lowest BCUT2D eigenvalue weighted by atomic mass is 10.0. The molecule has 0 saturated carbocycles. The second kappa shape index (κ2) is 12.3. The highest BCUT2D eigenvalue weighted by Crippen LogP contribution is 2.28. The third-order valence-electron chi connectivity index (χ3n) is 5.71. The summed E-state index contributed by atoms with van der Waals surface area (Å²) in [6.45, 7) is 5.99. The molecule has 12 heteroatoms. The number of carbonyl (C=O) groups is 2. The zero-order valence-electron chi connectivity index (χ0n) is 21.2. The molecule has 1 atom stereocenters. The van der Waals surface area contributed by atoms with Gasteiger partial charge < -0.3 is 15.2 Å². The molecule has 0 bridgehead atoms. The molecule has 4 aromatic rings. The van der Waals surface area contributed by atoms with Crippen LogP contribution in [0.3, 0.4) is 0 Å². The number of hydrogen-bond acceptors (Lipinski definition) is 7. The highest BCUT2D eigenvalue weighted by atomic mass is 35.5. The molecule has 0 spiro atoms. The van der Waals surface area contributed by atoms with Gasteiger partial charge in [-0.3, -0.25) is 9.59 Å². The van der Waals surface area contributed by atoms with Crippen LogP contribution in [0.1, 0.15) is 41.6 Å². The second-order valence-corrected chi connectivity index (χ2v) is 11.6. The van der Waals surface area contributed by atoms with Crippen molar-refractivity contribution in [3.63, 3.8) is 0 Å². The monoisotopic (exact) mass is 588 g/mol. The van der Waals surface area contributed by atoms with Gasteiger partial charge in [0.2, 0.25) is 5.91 Å². The van der Waals surface area contributed by atoms with Gasteiger partial charge in [0.1, 0.15) is 0 Å². The fourth-order valence-corrected chi connectivity index (χ4v) is 5.34. The van der Waals surface area contributed by atoms with Crippen LogP contribution in [0.2, 0.25) is 10.0 Å². The lowest BCUT2D eigenvalue weighted by molar-refractivity contribution is -0.113. The molecule has 4 rings (SSSR count). The average Bonchev–Trinajstić information content (AvgIpc) is 3.49. The Labute approximate surface area is 239 Å². The second-order valence-electron chi connectivity index (χ2n) is 8.96. The Hall–Kier alpha value is -2.92. The molecule has 0 unspecified atom stereocenters. The van der Waals surface area contributed by atoms with E-state index in [2.05, 4.69) is 25.8 Å². The van der Waals surface area contributed by atoms with Gasteiger partial charge in [-0.15, -0.1) is 21.5 Å². The number of nitrogens with one attached hydrogen (secondary N) is 2. The number of halogens is 2. The first-order valence-electron chi connectivity index (χ1n) is 11.7. The Bertz CT molecular complexity index is 1450. The molecule has 198 valence electrons. The van der Waals surface area contributed by atoms with E-state index in [1.54, 1.807) is 16.7 Å². The summed E-state index contributed by atoms with van der Waals surface area (Å²) < 4.78 is 1.79. The Balaban J connectivity index is 1.38. The average molecular weight is 590 g/mol. The summed E-state index contributed by atoms with van der Waals surface area (Å²) in [6.07, 6.45) is 0. The molecule has 0 aliphatic rings. The maximum absolute atomic E-state index is 12.9. The number of anilines is 1. The van der Waals surface area contributed by atoms with Crippen LogP contribution in [-0.4, -0.2) is 37.3 Å². The molecule has 2 amide bonds. The Morgan fingerprint density at radius 3 is 2.50 bits per heavy atom. The summed E-state index contributed by atoms with van der Waals surface area (Å²) in [6, 6.07) is 12.4. The molecular formula is C26H26Cl2N6O2S2. The predicted molar refractivity (Wildman–Crippen MR) is 154 cm³/mol. The first kappa shape index (κ1) is 28.1. The number of benzene rings is 2. The molecule has 2 aromatic carbocycles. The lowest BCUT2D eigenvalue weighted by Gasteiger charge is -2.21. The van der Waals surface area contributed by atoms with Crippen LogP contribution in [0.5, 0.6) is 0 Å². The summed E-state index contributed by atoms with van der Waals surface area (Å²) in [4.78, 5) is 30.0. The van der Waals surface area contributed by atoms with Crippen LogP contribution in [0.15, 0.2) is 53.0 Å². The van der Waals surface area contributed by atoms with Crippen molar-refractivity contribution >= 4 is 63.2 Å². The van der Waals surface area contributed by atoms with Gasteiger partial charge in [0.15, 0.2) is 16.1 Å². The Morgan fingerprint density at radius 2 is 1.82 bits per heavy atom. The number of hydrogen-bond donors (Lipinski definition) is 2. The van der Waals surface area contributed by atoms with Gasteiger partial charge >= 0.3 is 0 Å². The molecule has 38 heavy (non-hydrogen) atoms. The molecule has 2 N–H and O–H groups in total. The van der Waals surface area contributed by atoms with Crippen molar-refractivity contribution in [2.24, 2.45) is 13.0 Å². The molecule has 0 fully saturated rings. The Kier molecular flexibility index (Phi) is 9.09. The van der Waals surface area contributed by atoms with Gasteiger partial charge in [-0.05, 0) is 31.0 Å². The number of carbonyl (C=O) groups excluding carboxylic acids is 2. The first-order valence-corrected chi connectivity index (χ1v) is 14.3. The van der Waals surface area contributed by atoms with Gasteiger partial charge in [0, 0.05) is 23.6 Å². The summed E-state index contributed by atoms with van der Waals surface area (Å²) in [5.74, 6) is 0.246. The number of thioether (sulfide) groups is 1. The third kappa shape index (κ3) is 6.74. The van der Waals surface area contributed by atoms with Gasteiger partial charge in [-0.2, -0.15) is 0 Å². The van der Waals surface area contributed by atoms with Crippen molar-refractivity contribution in [1.82, 2.24) is 25.1 Å². The number of aryl methyl sites for hydroxylation is 1. The molecule has 8 nitrogen and oxygen atoms in total. The summed E-state index contributed by atoms with van der Waals surface area (Å²) in [5.41, 5.74) is 3.39. The van der Waals surface area contributed by atoms with E-state index >= 15 is 0 Å². The van der Waals surface area contributed by atoms with E-state index in [1.165, 1.54) is 34.7 Å². The molecular weight excluding hydrogens is 563 g/mol. The SMILES string of the molecule is Cc1ccc(-c2csc(NC(=O)CSc3nnc([C@H](NC(=O)c4ccc(Cl)c(Cl)c4)C(C)C)n3C)n2)cc1. The quantitative estimate of drug-likeness (QED) is 0.219. The molecule has 2 heterocycles. The summed E-state index contributed by atoms with van der Waals surface area (Å²) >= 11 is 14.7. The van der Waals surface area contributed by atoms with E-state index in [1.807, 2.05) is 57.5 Å². The van der Waals surface area contributed by atoms with Gasteiger partial charge in [-0.1, -0.05) is 78.6 Å². The molecule has 0 saturated heterocycles. The number of thiazole rings is 1. The highest BCUT2D eigenvalue weighted by molar-refractivity contribution is 7.99. The van der Waals surface area contributed by atoms with E-state index in [0.29, 0.717) is 31.7 Å². The summed E-state index contributed by atoms with van der Waals surface area (Å²) in [5, 5.41) is 18.1. The van der Waals surface area contributed by atoms with Crippen LogP contribution in [0, 0.1) is 12.8 Å². The van der Waals surface area contributed by atoms with Crippen LogP contribution in [0.25, 0.3) is 11.3 Å². The number of rotatable bonds is 9. The Morgan fingerprint density at radius 1 is 1.08 bits per heavy atom. The van der Waals surface area contributed by atoms with Crippen LogP contribution in [-0.2, 0) is 11.8 Å². The smallest absolute Gasteiger partial charge is 0.251 e. The van der Waals surface area contributed by atoms with Crippen molar-refractivity contribution in [3.05, 3.63) is 74.8 Å². The van der Waals surface area contributed by atoms with Crippen molar-refractivity contribution in [2.45, 2.75) is 32.0 Å². The zero-order chi connectivity index (χ0) is 27.4. The van der Waals surface area contributed by atoms with Crippen LogP contribution in [0.4, 0.5) is 5.13 Å². The van der Waals surface area contributed by atoms with Gasteiger partial charge in [-0.25, -0.2) is 4.98 Å². The van der Waals surface area contributed by atoms with Crippen molar-refractivity contribution in [3.8, 4) is 11.3 Å². The molecule has 0 aliphatic heterocycles. The topological polar surface area (TPSA) is 102 Å². The number of nitrogens with zero attached hydrogens (tertiary/aromatic N) is 4. The maximum Gasteiger partial charge on any atom is 0.251 e. The van der Waals surface area contributed by atoms with Crippen molar-refractivity contribution in [1.29, 1.82) is 0 Å². The minimum absolute atomic E-state index is 0.0263. The predicted octanol–water partition coefficient (Wildman–Crippen LogP) is 6.41. The van der Waals surface area contributed by atoms with E-state index in [4.69, 9.17) is 23.2 Å². The lowest BCUT2D eigenvalue weighted by Crippen LogP contribution is -2.33. The fourth-order valence-electron chi connectivity index (χ4n) is 3.59. The van der Waals surface area contributed by atoms with Crippen LogP contribution < -0.4 is 10.6 Å². The molecule has 0 aliphatic carbocycles. The minimum Gasteiger partial charge on any atom is -0.342 e. The van der Waals surface area contributed by atoms with Crippen molar-refractivity contribution in [2.75, 3.05) is 11.1 Å². The van der Waals surface area contributed by atoms with Gasteiger partial charge in [0.25, 0.3) is 5.91 Å². The van der Waals surface area contributed by atoms with E-state index in [9.17, 15) is 9.59 Å². The third-order valence-corrected chi connectivity index (χ3v) is 8.23. The van der Waals surface area contributed by atoms with E-state index in [-0.39, 0.29) is 23.5 Å². The normalized spacial score (nSPS) is 12.0. The van der Waals surface area contributed by atoms with E-state index < -0.39 is 6.04 Å². The standard InChI is InChI=1S/C26H26Cl2N6O2S2/c1-14(2)22(31-24(36)17-9-10-18(27)19(28)11-17)23-32-33-26(34(23)4)38-13-21(35)30-25-29-20(12-37-25)16-7-5-15(3)6-8-16/h5-12,14,22H,13H2,1-4H3,(H,31,36)(H,29,30,35)/t22-/m1/s1. The van der Waals surface area contributed by atoms with Gasteiger partial charge in [0.05, 0.1) is 27.5 Å². The largest absolute Gasteiger partial charge is 0.342 e. The first-order chi connectivity index (χ1) is 18.1. The van der Waals surface area contributed by atoms with Crippen LogP contribution >= 0.6 is 46.3 Å². The van der Waals surface area contributed by atoms with Crippen molar-refractivity contribution < 1.29 is 9.59 Å². The molecule has 0 radical (unpaired) electrons.